The van der Waals surface area contributed by atoms with Crippen molar-refractivity contribution in [3.05, 3.63) is 36.0 Å². The SMILES string of the molecule is CCN(CC)c1ccc(Nc2ccnc(NCCN(C)C)n2)c(C)c1. The van der Waals surface area contributed by atoms with Crippen molar-refractivity contribution in [3.63, 3.8) is 0 Å². The first-order valence-electron chi connectivity index (χ1n) is 8.87. The number of aromatic nitrogens is 2. The zero-order valence-corrected chi connectivity index (χ0v) is 16.0. The second kappa shape index (κ2) is 9.22. The fourth-order valence-corrected chi connectivity index (χ4v) is 2.62. The minimum Gasteiger partial charge on any atom is -0.372 e. The van der Waals surface area contributed by atoms with E-state index in [4.69, 9.17) is 0 Å². The maximum atomic E-state index is 4.53. The van der Waals surface area contributed by atoms with Crippen LogP contribution in [0.25, 0.3) is 0 Å². The first kappa shape index (κ1) is 19.0. The predicted molar refractivity (Wildman–Crippen MR) is 107 cm³/mol. The molecule has 1 heterocycles. The lowest BCUT2D eigenvalue weighted by molar-refractivity contribution is 0.425. The highest BCUT2D eigenvalue weighted by atomic mass is 15.2. The number of hydrogen-bond acceptors (Lipinski definition) is 6. The Kier molecular flexibility index (Phi) is 7.01. The summed E-state index contributed by atoms with van der Waals surface area (Å²) < 4.78 is 0. The van der Waals surface area contributed by atoms with Crippen molar-refractivity contribution >= 4 is 23.1 Å². The Morgan fingerprint density at radius 3 is 2.48 bits per heavy atom. The van der Waals surface area contributed by atoms with E-state index in [9.17, 15) is 0 Å². The number of aryl methyl sites for hydroxylation is 1. The van der Waals surface area contributed by atoms with Crippen molar-refractivity contribution in [1.29, 1.82) is 0 Å². The zero-order valence-electron chi connectivity index (χ0n) is 16.0. The molecule has 6 heteroatoms. The van der Waals surface area contributed by atoms with Crippen LogP contribution in [0.1, 0.15) is 19.4 Å². The van der Waals surface area contributed by atoms with Crippen LogP contribution in [-0.2, 0) is 0 Å². The van der Waals surface area contributed by atoms with Gasteiger partial charge in [-0.1, -0.05) is 0 Å². The van der Waals surface area contributed by atoms with Gasteiger partial charge in [-0.05, 0) is 64.7 Å². The molecule has 1 aromatic carbocycles. The fraction of sp³-hybridized carbons (Fsp3) is 0.474. The Morgan fingerprint density at radius 2 is 1.84 bits per heavy atom. The maximum Gasteiger partial charge on any atom is 0.224 e. The molecule has 0 aliphatic heterocycles. The molecule has 1 aromatic heterocycles. The van der Waals surface area contributed by atoms with Gasteiger partial charge >= 0.3 is 0 Å². The molecule has 0 amide bonds. The lowest BCUT2D eigenvalue weighted by Crippen LogP contribution is -2.21. The summed E-state index contributed by atoms with van der Waals surface area (Å²) in [6.45, 7) is 10.2. The number of nitrogens with one attached hydrogen (secondary N) is 2. The van der Waals surface area contributed by atoms with Gasteiger partial charge in [0.15, 0.2) is 0 Å². The van der Waals surface area contributed by atoms with Gasteiger partial charge in [0, 0.05) is 43.8 Å². The molecule has 0 fully saturated rings. The monoisotopic (exact) mass is 342 g/mol. The molecule has 6 nitrogen and oxygen atoms in total. The third-order valence-electron chi connectivity index (χ3n) is 4.10. The van der Waals surface area contributed by atoms with Crippen molar-refractivity contribution < 1.29 is 0 Å². The quantitative estimate of drug-likeness (QED) is 0.729. The van der Waals surface area contributed by atoms with Crippen molar-refractivity contribution in [3.8, 4) is 0 Å². The van der Waals surface area contributed by atoms with Crippen molar-refractivity contribution in [1.82, 2.24) is 14.9 Å². The molecule has 0 aliphatic rings. The highest BCUT2D eigenvalue weighted by Crippen LogP contribution is 2.25. The number of nitrogens with zero attached hydrogens (tertiary/aromatic N) is 4. The van der Waals surface area contributed by atoms with E-state index in [1.54, 1.807) is 6.20 Å². The van der Waals surface area contributed by atoms with Crippen LogP contribution in [0.5, 0.6) is 0 Å². The number of benzene rings is 1. The summed E-state index contributed by atoms with van der Waals surface area (Å²) in [5.41, 5.74) is 3.51. The van der Waals surface area contributed by atoms with Crippen LogP contribution in [-0.4, -0.2) is 55.1 Å². The van der Waals surface area contributed by atoms with E-state index in [1.165, 1.54) is 11.3 Å². The molecule has 0 atom stereocenters. The van der Waals surface area contributed by atoms with Crippen LogP contribution in [0.15, 0.2) is 30.5 Å². The average molecular weight is 342 g/mol. The first-order valence-corrected chi connectivity index (χ1v) is 8.87. The summed E-state index contributed by atoms with van der Waals surface area (Å²) in [6.07, 6.45) is 1.77. The highest BCUT2D eigenvalue weighted by Gasteiger charge is 2.06. The summed E-state index contributed by atoms with van der Waals surface area (Å²) in [5, 5.41) is 6.64. The molecule has 2 rings (SSSR count). The number of likely N-dealkylation sites (N-methyl/N-ethyl adjacent to an activating group) is 1. The Bertz CT molecular complexity index is 667. The van der Waals surface area contributed by atoms with E-state index >= 15 is 0 Å². The van der Waals surface area contributed by atoms with E-state index in [0.29, 0.717) is 5.95 Å². The van der Waals surface area contributed by atoms with E-state index < -0.39 is 0 Å². The third kappa shape index (κ3) is 5.60. The second-order valence-electron chi connectivity index (χ2n) is 6.29. The van der Waals surface area contributed by atoms with Crippen LogP contribution < -0.4 is 15.5 Å². The lowest BCUT2D eigenvalue weighted by Gasteiger charge is -2.22. The summed E-state index contributed by atoms with van der Waals surface area (Å²) in [7, 11) is 4.09. The molecular weight excluding hydrogens is 312 g/mol. The molecule has 2 N–H and O–H groups in total. The molecule has 0 aliphatic carbocycles. The molecule has 25 heavy (non-hydrogen) atoms. The van der Waals surface area contributed by atoms with E-state index in [1.807, 2.05) is 20.2 Å². The molecule has 0 bridgehead atoms. The van der Waals surface area contributed by atoms with Crippen molar-refractivity contribution in [2.24, 2.45) is 0 Å². The molecule has 0 saturated carbocycles. The molecule has 136 valence electrons. The van der Waals surface area contributed by atoms with Gasteiger partial charge in [-0.2, -0.15) is 4.98 Å². The third-order valence-corrected chi connectivity index (χ3v) is 4.10. The molecule has 0 unspecified atom stereocenters. The maximum absolute atomic E-state index is 4.53. The summed E-state index contributed by atoms with van der Waals surface area (Å²) in [4.78, 5) is 13.3. The van der Waals surface area contributed by atoms with Crippen LogP contribution in [0.2, 0.25) is 0 Å². The largest absolute Gasteiger partial charge is 0.372 e. The van der Waals surface area contributed by atoms with Crippen molar-refractivity contribution in [2.45, 2.75) is 20.8 Å². The minimum atomic E-state index is 0.643. The average Bonchev–Trinajstić information content (AvgIpc) is 2.58. The lowest BCUT2D eigenvalue weighted by atomic mass is 10.1. The minimum absolute atomic E-state index is 0.643. The smallest absolute Gasteiger partial charge is 0.224 e. The molecule has 0 saturated heterocycles. The zero-order chi connectivity index (χ0) is 18.2. The van der Waals surface area contributed by atoms with Gasteiger partial charge in [-0.15, -0.1) is 0 Å². The van der Waals surface area contributed by atoms with Crippen LogP contribution in [0, 0.1) is 6.92 Å². The van der Waals surface area contributed by atoms with Gasteiger partial charge in [0.2, 0.25) is 5.95 Å². The molecule has 0 spiro atoms. The van der Waals surface area contributed by atoms with Gasteiger partial charge in [-0.25, -0.2) is 4.98 Å². The summed E-state index contributed by atoms with van der Waals surface area (Å²) in [5.74, 6) is 1.44. The van der Waals surface area contributed by atoms with Crippen molar-refractivity contribution in [2.75, 3.05) is 55.8 Å². The van der Waals surface area contributed by atoms with Crippen LogP contribution in [0.4, 0.5) is 23.1 Å². The predicted octanol–water partition coefficient (Wildman–Crippen LogP) is 3.35. The second-order valence-corrected chi connectivity index (χ2v) is 6.29. The standard InChI is InChI=1S/C19H30N6/c1-6-25(7-2)16-8-9-17(15(3)14-16)22-18-10-11-20-19(23-18)21-12-13-24(4)5/h8-11,14H,6-7,12-13H2,1-5H3,(H2,20,21,22,23). The normalized spacial score (nSPS) is 10.8. The topological polar surface area (TPSA) is 56.3 Å². The van der Waals surface area contributed by atoms with Gasteiger partial charge in [0.05, 0.1) is 0 Å². The Hall–Kier alpha value is -2.34. The van der Waals surface area contributed by atoms with Gasteiger partial charge in [-0.3, -0.25) is 0 Å². The number of anilines is 4. The van der Waals surface area contributed by atoms with Gasteiger partial charge in [0.25, 0.3) is 0 Å². The summed E-state index contributed by atoms with van der Waals surface area (Å²) >= 11 is 0. The number of rotatable bonds is 9. The highest BCUT2D eigenvalue weighted by molar-refractivity contribution is 5.65. The van der Waals surface area contributed by atoms with Gasteiger partial charge in [0.1, 0.15) is 5.82 Å². The Morgan fingerprint density at radius 1 is 1.08 bits per heavy atom. The molecular formula is C19H30N6. The summed E-state index contributed by atoms with van der Waals surface area (Å²) in [6, 6.07) is 8.37. The van der Waals surface area contributed by atoms with E-state index in [2.05, 4.69) is 69.4 Å². The number of hydrogen-bond donors (Lipinski definition) is 2. The first-order chi connectivity index (χ1) is 12.0. The van der Waals surface area contributed by atoms with Gasteiger partial charge < -0.3 is 20.4 Å². The molecule has 2 aromatic rings. The Labute approximate surface area is 151 Å². The van der Waals surface area contributed by atoms with Crippen LogP contribution >= 0.6 is 0 Å². The molecule has 0 radical (unpaired) electrons. The Balaban J connectivity index is 2.06. The van der Waals surface area contributed by atoms with Crippen LogP contribution in [0.3, 0.4) is 0 Å². The fourth-order valence-electron chi connectivity index (χ4n) is 2.62. The van der Waals surface area contributed by atoms with E-state index in [-0.39, 0.29) is 0 Å². The van der Waals surface area contributed by atoms with E-state index in [0.717, 1.165) is 37.7 Å².